The Balaban J connectivity index is 2.15. The van der Waals surface area contributed by atoms with Gasteiger partial charge in [0.2, 0.25) is 5.95 Å². The summed E-state index contributed by atoms with van der Waals surface area (Å²) in [5.74, 6) is 0.533. The van der Waals surface area contributed by atoms with E-state index >= 15 is 0 Å². The molecule has 3 aromatic rings. The molecule has 8 nitrogen and oxygen atoms in total. The predicted octanol–water partition coefficient (Wildman–Crippen LogP) is 4.81. The Labute approximate surface area is 199 Å². The number of aromatic nitrogens is 2. The molecule has 0 saturated carbocycles. The van der Waals surface area contributed by atoms with Gasteiger partial charge in [-0.3, -0.25) is 5.41 Å². The number of aliphatic imine (C=N–C) groups is 1. The van der Waals surface area contributed by atoms with Crippen LogP contribution >= 0.6 is 34.5 Å². The van der Waals surface area contributed by atoms with Gasteiger partial charge in [0.05, 0.1) is 21.0 Å². The highest BCUT2D eigenvalue weighted by atomic mass is 35.5. The molecule has 0 spiro atoms. The Morgan fingerprint density at radius 1 is 1.41 bits per heavy atom. The van der Waals surface area contributed by atoms with Crippen molar-refractivity contribution in [3.05, 3.63) is 50.9 Å². The van der Waals surface area contributed by atoms with Crippen molar-refractivity contribution in [3.63, 3.8) is 0 Å². The summed E-state index contributed by atoms with van der Waals surface area (Å²) < 4.78 is 5.05. The third kappa shape index (κ3) is 5.23. The van der Waals surface area contributed by atoms with Crippen LogP contribution in [0, 0.1) is 16.7 Å². The quantitative estimate of drug-likeness (QED) is 0.225. The van der Waals surface area contributed by atoms with E-state index in [-0.39, 0.29) is 5.84 Å². The fourth-order valence-corrected chi connectivity index (χ4v) is 4.61. The minimum atomic E-state index is 0.0979. The Hall–Kier alpha value is -3.03. The van der Waals surface area contributed by atoms with E-state index < -0.39 is 0 Å². The van der Waals surface area contributed by atoms with Gasteiger partial charge in [0.1, 0.15) is 18.2 Å². The van der Waals surface area contributed by atoms with Crippen LogP contribution in [0.2, 0.25) is 10.0 Å². The molecule has 0 atom stereocenters. The fourth-order valence-electron chi connectivity index (χ4n) is 2.96. The molecular formula is C21H19Cl2N7OS. The van der Waals surface area contributed by atoms with Crippen molar-refractivity contribution < 1.29 is 4.74 Å². The predicted molar refractivity (Wildman–Crippen MR) is 130 cm³/mol. The van der Waals surface area contributed by atoms with Crippen molar-refractivity contribution in [2.24, 2.45) is 10.7 Å². The molecule has 0 aliphatic rings. The van der Waals surface area contributed by atoms with Crippen LogP contribution < -0.4 is 11.1 Å². The lowest BCUT2D eigenvalue weighted by Gasteiger charge is -2.08. The van der Waals surface area contributed by atoms with Gasteiger partial charge in [-0.2, -0.15) is 5.26 Å². The number of anilines is 1. The molecule has 0 bridgehead atoms. The molecule has 0 amide bonds. The molecule has 1 aromatic carbocycles. The largest absolute Gasteiger partial charge is 0.385 e. The van der Waals surface area contributed by atoms with Gasteiger partial charge in [-0.15, -0.1) is 11.3 Å². The van der Waals surface area contributed by atoms with E-state index in [0.717, 1.165) is 12.8 Å². The first-order chi connectivity index (χ1) is 15.5. The number of hydrogen-bond acceptors (Lipinski definition) is 7. The highest BCUT2D eigenvalue weighted by molar-refractivity contribution is 7.18. The highest BCUT2D eigenvalue weighted by Crippen LogP contribution is 2.44. The Morgan fingerprint density at radius 2 is 2.22 bits per heavy atom. The van der Waals surface area contributed by atoms with Crippen molar-refractivity contribution in [3.8, 4) is 27.8 Å². The summed E-state index contributed by atoms with van der Waals surface area (Å²) in [4.78, 5) is 13.8. The zero-order valence-electron chi connectivity index (χ0n) is 17.0. The number of rotatable bonds is 9. The van der Waals surface area contributed by atoms with Crippen molar-refractivity contribution in [1.82, 2.24) is 9.97 Å². The van der Waals surface area contributed by atoms with Crippen LogP contribution in [0.3, 0.4) is 0 Å². The van der Waals surface area contributed by atoms with E-state index in [1.54, 1.807) is 37.6 Å². The summed E-state index contributed by atoms with van der Waals surface area (Å²) in [6.45, 7) is 1.26. The van der Waals surface area contributed by atoms with Gasteiger partial charge < -0.3 is 15.8 Å². The number of thiophene rings is 1. The van der Waals surface area contributed by atoms with Crippen LogP contribution in [0.5, 0.6) is 0 Å². The summed E-state index contributed by atoms with van der Waals surface area (Å²) in [6.07, 6.45) is 3.26. The molecule has 3 rings (SSSR count). The second-order valence-electron chi connectivity index (χ2n) is 6.43. The van der Waals surface area contributed by atoms with Crippen molar-refractivity contribution in [2.45, 2.75) is 6.42 Å². The average molecular weight is 488 g/mol. The smallest absolute Gasteiger partial charge is 0.223 e. The first kappa shape index (κ1) is 23.6. The van der Waals surface area contributed by atoms with E-state index in [2.05, 4.69) is 26.3 Å². The minimum absolute atomic E-state index is 0.0979. The van der Waals surface area contributed by atoms with Gasteiger partial charge in [-0.25, -0.2) is 15.0 Å². The molecule has 0 radical (unpaired) electrons. The maximum absolute atomic E-state index is 10.1. The number of nitrogens with two attached hydrogens (primary N) is 1. The van der Waals surface area contributed by atoms with Gasteiger partial charge in [-0.1, -0.05) is 29.3 Å². The number of methoxy groups -OCH3 is 1. The molecule has 0 fully saturated rings. The van der Waals surface area contributed by atoms with E-state index in [1.165, 1.54) is 11.3 Å². The molecule has 2 aromatic heterocycles. The summed E-state index contributed by atoms with van der Waals surface area (Å²) in [5, 5.41) is 21.3. The first-order valence-electron chi connectivity index (χ1n) is 9.41. The summed E-state index contributed by atoms with van der Waals surface area (Å²) in [7, 11) is 1.65. The van der Waals surface area contributed by atoms with Crippen molar-refractivity contribution in [2.75, 3.05) is 25.6 Å². The molecular weight excluding hydrogens is 469 g/mol. The fraction of sp³-hybridized carbons (Fsp3) is 0.190. The summed E-state index contributed by atoms with van der Waals surface area (Å²) in [6, 6.07) is 8.97. The third-order valence-electron chi connectivity index (χ3n) is 4.35. The van der Waals surface area contributed by atoms with Gasteiger partial charge in [-0.05, 0) is 24.6 Å². The lowest BCUT2D eigenvalue weighted by molar-refractivity contribution is 0.197. The van der Waals surface area contributed by atoms with Gasteiger partial charge in [0.15, 0.2) is 0 Å². The molecule has 164 valence electrons. The lowest BCUT2D eigenvalue weighted by atomic mass is 9.99. The number of ether oxygens (including phenoxy) is 1. The molecule has 0 saturated heterocycles. The van der Waals surface area contributed by atoms with Crippen LogP contribution in [0.15, 0.2) is 35.5 Å². The van der Waals surface area contributed by atoms with Crippen LogP contribution in [-0.2, 0) is 4.74 Å². The number of nitriles is 1. The summed E-state index contributed by atoms with van der Waals surface area (Å²) >= 11 is 13.8. The van der Waals surface area contributed by atoms with Gasteiger partial charge in [0.25, 0.3) is 0 Å². The number of nitrogens with one attached hydrogen (secondary N) is 2. The molecule has 0 unspecified atom stereocenters. The van der Waals surface area contributed by atoms with E-state index in [4.69, 9.17) is 39.1 Å². The normalized spacial score (nSPS) is 11.2. The standard InChI is InChI=1S/C21H19Cl2N7OS/c1-31-8-2-6-27-21-28-7-5-16(30-21)18-14(10-24)17(19(32-18)20(26)29-11-25)13-4-3-12(22)9-15(13)23/h3-5,7,9,11H,2,6,8H2,1H3,(H3,25,26,29)(H,27,28,30). The monoisotopic (exact) mass is 487 g/mol. The van der Waals surface area contributed by atoms with Crippen LogP contribution in [-0.4, -0.2) is 42.4 Å². The zero-order chi connectivity index (χ0) is 23.1. The number of benzene rings is 1. The lowest BCUT2D eigenvalue weighted by Crippen LogP contribution is -2.12. The van der Waals surface area contributed by atoms with Crippen LogP contribution in [0.1, 0.15) is 16.9 Å². The molecule has 2 heterocycles. The van der Waals surface area contributed by atoms with Crippen molar-refractivity contribution in [1.29, 1.82) is 10.7 Å². The van der Waals surface area contributed by atoms with Gasteiger partial charge in [0, 0.05) is 47.6 Å². The molecule has 32 heavy (non-hydrogen) atoms. The maximum atomic E-state index is 10.1. The van der Waals surface area contributed by atoms with Crippen molar-refractivity contribution >= 4 is 52.7 Å². The summed E-state index contributed by atoms with van der Waals surface area (Å²) in [5.41, 5.74) is 8.14. The minimum Gasteiger partial charge on any atom is -0.385 e. The first-order valence-corrected chi connectivity index (χ1v) is 11.0. The molecule has 0 aliphatic heterocycles. The Morgan fingerprint density at radius 3 is 2.91 bits per heavy atom. The Bertz CT molecular complexity index is 1200. The third-order valence-corrected chi connectivity index (χ3v) is 6.14. The number of nitrogens with zero attached hydrogens (tertiary/aromatic N) is 4. The Kier molecular flexibility index (Phi) is 8.14. The van der Waals surface area contributed by atoms with Crippen LogP contribution in [0.25, 0.3) is 21.7 Å². The van der Waals surface area contributed by atoms with E-state index in [1.807, 2.05) is 0 Å². The van der Waals surface area contributed by atoms with E-state index in [0.29, 0.717) is 61.3 Å². The maximum Gasteiger partial charge on any atom is 0.223 e. The second kappa shape index (κ2) is 11.0. The number of amidine groups is 1. The molecule has 11 heteroatoms. The highest BCUT2D eigenvalue weighted by Gasteiger charge is 2.25. The number of halogens is 2. The SMILES string of the molecule is COCCCNc1nccc(-c2sc(C(N)=NC=N)c(-c3ccc(Cl)cc3Cl)c2C#N)n1. The average Bonchev–Trinajstić information content (AvgIpc) is 3.17. The molecule has 0 aliphatic carbocycles. The van der Waals surface area contributed by atoms with E-state index in [9.17, 15) is 5.26 Å². The van der Waals surface area contributed by atoms with Gasteiger partial charge >= 0.3 is 0 Å². The van der Waals surface area contributed by atoms with Crippen LogP contribution in [0.4, 0.5) is 5.95 Å². The second-order valence-corrected chi connectivity index (χ2v) is 8.29. The zero-order valence-corrected chi connectivity index (χ0v) is 19.4. The topological polar surface area (TPSA) is 133 Å². The molecule has 4 N–H and O–H groups in total. The number of hydrogen-bond donors (Lipinski definition) is 3.